The molecule has 0 spiro atoms. The van der Waals surface area contributed by atoms with Crippen molar-refractivity contribution in [2.24, 2.45) is 0 Å². The van der Waals surface area contributed by atoms with Gasteiger partial charge in [-0.2, -0.15) is 10.2 Å². The van der Waals surface area contributed by atoms with Gasteiger partial charge in [-0.1, -0.05) is 18.0 Å². The lowest BCUT2D eigenvalue weighted by Gasteiger charge is -2.34. The molecule has 1 saturated heterocycles. The van der Waals surface area contributed by atoms with Gasteiger partial charge in [0.15, 0.2) is 5.82 Å². The maximum Gasteiger partial charge on any atom is 0.229 e. The van der Waals surface area contributed by atoms with Crippen molar-refractivity contribution in [2.75, 3.05) is 31.1 Å². The second kappa shape index (κ2) is 7.19. The van der Waals surface area contributed by atoms with Crippen LogP contribution >= 0.6 is 0 Å². The van der Waals surface area contributed by atoms with Gasteiger partial charge in [0, 0.05) is 38.3 Å². The molecule has 1 aliphatic heterocycles. The molecule has 2 aliphatic rings. The predicted octanol–water partition coefficient (Wildman–Crippen LogP) is 2.32. The van der Waals surface area contributed by atoms with Gasteiger partial charge >= 0.3 is 0 Å². The third kappa shape index (κ3) is 3.64. The summed E-state index contributed by atoms with van der Waals surface area (Å²) in [7, 11) is 0. The molecule has 3 heterocycles. The minimum Gasteiger partial charge on any atom is -0.354 e. The fourth-order valence-electron chi connectivity index (χ4n) is 3.64. The Hall–Kier alpha value is -2.46. The quantitative estimate of drug-likeness (QED) is 0.846. The minimum atomic E-state index is 0.473. The normalized spacial score (nSPS) is 19.2. The van der Waals surface area contributed by atoms with Crippen molar-refractivity contribution in [2.45, 2.75) is 38.1 Å². The van der Waals surface area contributed by atoms with Crippen molar-refractivity contribution >= 4 is 5.82 Å². The van der Waals surface area contributed by atoms with E-state index in [1.54, 1.807) is 6.20 Å². The maximum absolute atomic E-state index is 8.85. The van der Waals surface area contributed by atoms with Gasteiger partial charge in [0.2, 0.25) is 5.89 Å². The fraction of sp³-hybridized carbons (Fsp3) is 0.556. The van der Waals surface area contributed by atoms with Crippen LogP contribution in [0.2, 0.25) is 0 Å². The van der Waals surface area contributed by atoms with E-state index in [9.17, 15) is 0 Å². The van der Waals surface area contributed by atoms with Crippen molar-refractivity contribution in [3.63, 3.8) is 0 Å². The smallest absolute Gasteiger partial charge is 0.229 e. The highest BCUT2D eigenvalue weighted by atomic mass is 16.5. The van der Waals surface area contributed by atoms with Gasteiger partial charge in [0.1, 0.15) is 11.9 Å². The van der Waals surface area contributed by atoms with Gasteiger partial charge in [-0.25, -0.2) is 4.98 Å². The third-order valence-corrected chi connectivity index (χ3v) is 5.13. The van der Waals surface area contributed by atoms with Crippen LogP contribution in [0.4, 0.5) is 5.82 Å². The number of aromatic nitrogens is 3. The summed E-state index contributed by atoms with van der Waals surface area (Å²) in [5, 5.41) is 13.0. The van der Waals surface area contributed by atoms with Gasteiger partial charge < -0.3 is 9.42 Å². The average Bonchev–Trinajstić information content (AvgIpc) is 3.34. The Labute approximate surface area is 147 Å². The van der Waals surface area contributed by atoms with Crippen molar-refractivity contribution in [3.05, 3.63) is 35.6 Å². The van der Waals surface area contributed by atoms with Crippen LogP contribution in [0.25, 0.3) is 0 Å². The second-order valence-electron chi connectivity index (χ2n) is 6.81. The summed E-state index contributed by atoms with van der Waals surface area (Å²) in [6, 6.07) is 5.84. The van der Waals surface area contributed by atoms with E-state index in [0.717, 1.165) is 50.3 Å². The Morgan fingerprint density at radius 3 is 2.64 bits per heavy atom. The molecule has 2 fully saturated rings. The van der Waals surface area contributed by atoms with Crippen LogP contribution in [0.15, 0.2) is 22.9 Å². The summed E-state index contributed by atoms with van der Waals surface area (Å²) in [5.74, 6) is 3.03. The molecule has 1 aliphatic carbocycles. The number of piperazine rings is 1. The van der Waals surface area contributed by atoms with E-state index in [1.807, 2.05) is 12.1 Å². The summed E-state index contributed by atoms with van der Waals surface area (Å²) in [6.45, 7) is 4.44. The first-order valence-corrected chi connectivity index (χ1v) is 8.98. The van der Waals surface area contributed by atoms with E-state index in [4.69, 9.17) is 9.78 Å². The summed E-state index contributed by atoms with van der Waals surface area (Å²) < 4.78 is 5.47. The zero-order valence-corrected chi connectivity index (χ0v) is 14.3. The highest BCUT2D eigenvalue weighted by molar-refractivity contribution is 5.42. The molecule has 4 rings (SSSR count). The van der Waals surface area contributed by atoms with Crippen LogP contribution in [0, 0.1) is 11.3 Å². The zero-order valence-electron chi connectivity index (χ0n) is 14.3. The largest absolute Gasteiger partial charge is 0.354 e. The van der Waals surface area contributed by atoms with Crippen molar-refractivity contribution in [1.29, 1.82) is 5.26 Å². The van der Waals surface area contributed by atoms with E-state index in [0.29, 0.717) is 11.5 Å². The minimum absolute atomic E-state index is 0.473. The lowest BCUT2D eigenvalue weighted by atomic mass is 10.1. The number of rotatable bonds is 4. The first-order chi connectivity index (χ1) is 12.3. The molecule has 0 atom stereocenters. The van der Waals surface area contributed by atoms with Gasteiger partial charge in [-0.05, 0) is 25.0 Å². The lowest BCUT2D eigenvalue weighted by Crippen LogP contribution is -2.46. The van der Waals surface area contributed by atoms with Gasteiger partial charge in [-0.15, -0.1) is 0 Å². The van der Waals surface area contributed by atoms with E-state index in [1.165, 1.54) is 25.7 Å². The van der Waals surface area contributed by atoms with E-state index in [2.05, 4.69) is 31.0 Å². The Balaban J connectivity index is 1.30. The van der Waals surface area contributed by atoms with E-state index < -0.39 is 0 Å². The lowest BCUT2D eigenvalue weighted by molar-refractivity contribution is 0.239. The van der Waals surface area contributed by atoms with Crippen LogP contribution in [0.5, 0.6) is 0 Å². The number of hydrogen-bond donors (Lipinski definition) is 0. The van der Waals surface area contributed by atoms with Crippen LogP contribution in [-0.2, 0) is 6.54 Å². The highest BCUT2D eigenvalue weighted by Crippen LogP contribution is 2.32. The Kier molecular flexibility index (Phi) is 4.61. The first-order valence-electron chi connectivity index (χ1n) is 8.98. The van der Waals surface area contributed by atoms with Gasteiger partial charge in [0.25, 0.3) is 0 Å². The van der Waals surface area contributed by atoms with Crippen LogP contribution in [-0.4, -0.2) is 46.2 Å². The molecule has 7 heteroatoms. The summed E-state index contributed by atoms with van der Waals surface area (Å²) in [6.07, 6.45) is 6.53. The van der Waals surface area contributed by atoms with Crippen molar-refractivity contribution in [1.82, 2.24) is 20.0 Å². The first kappa shape index (κ1) is 16.0. The number of nitrogens with zero attached hydrogens (tertiary/aromatic N) is 6. The Morgan fingerprint density at radius 2 is 1.96 bits per heavy atom. The maximum atomic E-state index is 8.85. The number of hydrogen-bond acceptors (Lipinski definition) is 7. The summed E-state index contributed by atoms with van der Waals surface area (Å²) >= 11 is 0. The Bertz CT molecular complexity index is 736. The van der Waals surface area contributed by atoms with Crippen molar-refractivity contribution in [3.8, 4) is 6.07 Å². The van der Waals surface area contributed by atoms with Gasteiger partial charge in [0.05, 0.1) is 12.1 Å². The van der Waals surface area contributed by atoms with Crippen LogP contribution in [0.1, 0.15) is 48.9 Å². The predicted molar refractivity (Wildman–Crippen MR) is 91.9 cm³/mol. The second-order valence-corrected chi connectivity index (χ2v) is 6.81. The molecule has 0 N–H and O–H groups in total. The zero-order chi connectivity index (χ0) is 17.1. The summed E-state index contributed by atoms with van der Waals surface area (Å²) in [4.78, 5) is 13.6. The molecule has 25 heavy (non-hydrogen) atoms. The molecule has 130 valence electrons. The van der Waals surface area contributed by atoms with Crippen LogP contribution < -0.4 is 4.90 Å². The molecular formula is C18H22N6O. The van der Waals surface area contributed by atoms with Crippen LogP contribution in [0.3, 0.4) is 0 Å². The molecule has 0 unspecified atom stereocenters. The SMILES string of the molecule is N#Cc1ccc(N2CCN(Cc3noc(C4CCCC4)n3)CC2)nc1. The molecule has 0 bridgehead atoms. The summed E-state index contributed by atoms with van der Waals surface area (Å²) in [5.41, 5.74) is 0.595. The highest BCUT2D eigenvalue weighted by Gasteiger charge is 2.24. The molecule has 7 nitrogen and oxygen atoms in total. The Morgan fingerprint density at radius 1 is 1.16 bits per heavy atom. The van der Waals surface area contributed by atoms with Crippen molar-refractivity contribution < 1.29 is 4.52 Å². The topological polar surface area (TPSA) is 82.1 Å². The molecule has 1 saturated carbocycles. The molecule has 2 aromatic heterocycles. The number of anilines is 1. The standard InChI is InChI=1S/C18H22N6O/c19-11-14-5-6-17(20-12-14)24-9-7-23(8-10-24)13-16-21-18(25-22-16)15-3-1-2-4-15/h5-6,12,15H,1-4,7-10,13H2. The fourth-order valence-corrected chi connectivity index (χ4v) is 3.64. The molecular weight excluding hydrogens is 316 g/mol. The number of nitriles is 1. The monoisotopic (exact) mass is 338 g/mol. The average molecular weight is 338 g/mol. The molecule has 0 radical (unpaired) electrons. The molecule has 2 aromatic rings. The molecule has 0 aromatic carbocycles. The van der Waals surface area contributed by atoms with Gasteiger partial charge in [-0.3, -0.25) is 4.90 Å². The van der Waals surface area contributed by atoms with E-state index >= 15 is 0 Å². The molecule has 0 amide bonds. The van der Waals surface area contributed by atoms with E-state index in [-0.39, 0.29) is 0 Å². The number of pyridine rings is 1. The third-order valence-electron chi connectivity index (χ3n) is 5.13.